The lowest BCUT2D eigenvalue weighted by Gasteiger charge is -2.08. The van der Waals surface area contributed by atoms with Crippen LogP contribution in [-0.4, -0.2) is 14.8 Å². The predicted octanol–water partition coefficient (Wildman–Crippen LogP) is 4.32. The van der Waals surface area contributed by atoms with Crippen molar-refractivity contribution in [2.75, 3.05) is 5.32 Å². The lowest BCUT2D eigenvalue weighted by molar-refractivity contribution is 1.06. The molecular formula is C14H10Cl2N4. The molecule has 0 saturated carbocycles. The molecule has 20 heavy (non-hydrogen) atoms. The molecule has 0 amide bonds. The van der Waals surface area contributed by atoms with Crippen molar-refractivity contribution in [3.05, 3.63) is 64.9 Å². The molecule has 1 aromatic heterocycles. The molecule has 0 aliphatic heterocycles. The van der Waals surface area contributed by atoms with Gasteiger partial charge in [0.1, 0.15) is 6.33 Å². The first-order valence-corrected chi connectivity index (χ1v) is 6.66. The Hall–Kier alpha value is -2.04. The Labute approximate surface area is 126 Å². The van der Waals surface area contributed by atoms with Crippen molar-refractivity contribution in [1.29, 1.82) is 0 Å². The molecule has 0 aliphatic rings. The van der Waals surface area contributed by atoms with Crippen LogP contribution in [0.15, 0.2) is 54.9 Å². The molecule has 3 aromatic rings. The third-order valence-electron chi connectivity index (χ3n) is 2.75. The molecule has 0 saturated heterocycles. The monoisotopic (exact) mass is 304 g/mol. The molecule has 100 valence electrons. The van der Waals surface area contributed by atoms with E-state index in [0.717, 1.165) is 11.4 Å². The van der Waals surface area contributed by atoms with Gasteiger partial charge >= 0.3 is 0 Å². The molecule has 1 heterocycles. The van der Waals surface area contributed by atoms with Crippen molar-refractivity contribution in [2.45, 2.75) is 0 Å². The van der Waals surface area contributed by atoms with E-state index in [9.17, 15) is 0 Å². The molecule has 4 nitrogen and oxygen atoms in total. The Morgan fingerprint density at radius 2 is 1.45 bits per heavy atom. The summed E-state index contributed by atoms with van der Waals surface area (Å²) >= 11 is 11.8. The van der Waals surface area contributed by atoms with Crippen LogP contribution in [0, 0.1) is 0 Å². The summed E-state index contributed by atoms with van der Waals surface area (Å²) in [6, 6.07) is 14.8. The smallest absolute Gasteiger partial charge is 0.233 e. The molecule has 0 bridgehead atoms. The summed E-state index contributed by atoms with van der Waals surface area (Å²) < 4.78 is 1.84. The molecule has 0 spiro atoms. The molecule has 0 aliphatic carbocycles. The maximum absolute atomic E-state index is 5.89. The van der Waals surface area contributed by atoms with Gasteiger partial charge in [-0.1, -0.05) is 23.2 Å². The Morgan fingerprint density at radius 1 is 0.850 bits per heavy atom. The second-order valence-corrected chi connectivity index (χ2v) is 5.01. The van der Waals surface area contributed by atoms with Crippen molar-refractivity contribution >= 4 is 34.8 Å². The van der Waals surface area contributed by atoms with Crippen LogP contribution in [0.3, 0.4) is 0 Å². The molecule has 3 rings (SSSR count). The van der Waals surface area contributed by atoms with E-state index in [4.69, 9.17) is 23.2 Å². The zero-order valence-corrected chi connectivity index (χ0v) is 11.8. The number of nitrogens with zero attached hydrogens (tertiary/aromatic N) is 3. The zero-order valence-electron chi connectivity index (χ0n) is 10.3. The third kappa shape index (κ3) is 2.76. The molecule has 2 aromatic carbocycles. The summed E-state index contributed by atoms with van der Waals surface area (Å²) in [4.78, 5) is 0. The predicted molar refractivity (Wildman–Crippen MR) is 81.1 cm³/mol. The molecule has 0 unspecified atom stereocenters. The number of rotatable bonds is 3. The Balaban J connectivity index is 1.90. The summed E-state index contributed by atoms with van der Waals surface area (Å²) in [5.41, 5.74) is 1.81. The van der Waals surface area contributed by atoms with Gasteiger partial charge < -0.3 is 5.32 Å². The first-order valence-electron chi connectivity index (χ1n) is 5.91. The van der Waals surface area contributed by atoms with E-state index in [1.807, 2.05) is 53.1 Å². The van der Waals surface area contributed by atoms with Crippen molar-refractivity contribution in [2.24, 2.45) is 0 Å². The van der Waals surface area contributed by atoms with Gasteiger partial charge in [0.05, 0.1) is 5.69 Å². The lowest BCUT2D eigenvalue weighted by Crippen LogP contribution is -2.00. The summed E-state index contributed by atoms with van der Waals surface area (Å²) in [6.07, 6.45) is 1.64. The number of anilines is 2. The highest BCUT2D eigenvalue weighted by Crippen LogP contribution is 2.21. The molecule has 6 heteroatoms. The molecule has 0 radical (unpaired) electrons. The van der Waals surface area contributed by atoms with Crippen LogP contribution in [-0.2, 0) is 0 Å². The number of halogens is 2. The maximum atomic E-state index is 5.89. The lowest BCUT2D eigenvalue weighted by atomic mass is 10.3. The van der Waals surface area contributed by atoms with Crippen LogP contribution < -0.4 is 5.32 Å². The van der Waals surface area contributed by atoms with Crippen LogP contribution in [0.5, 0.6) is 0 Å². The minimum Gasteiger partial charge on any atom is -0.324 e. The molecule has 0 fully saturated rings. The van der Waals surface area contributed by atoms with Gasteiger partial charge in [0.15, 0.2) is 0 Å². The summed E-state index contributed by atoms with van der Waals surface area (Å²) in [5.74, 6) is 0.620. The van der Waals surface area contributed by atoms with E-state index in [0.29, 0.717) is 16.0 Å². The van der Waals surface area contributed by atoms with E-state index in [-0.39, 0.29) is 0 Å². The molecular weight excluding hydrogens is 295 g/mol. The maximum Gasteiger partial charge on any atom is 0.233 e. The van der Waals surface area contributed by atoms with Crippen molar-refractivity contribution in [3.63, 3.8) is 0 Å². The minimum atomic E-state index is 0.620. The highest BCUT2D eigenvalue weighted by atomic mass is 35.5. The zero-order chi connectivity index (χ0) is 13.9. The quantitative estimate of drug-likeness (QED) is 0.783. The van der Waals surface area contributed by atoms with Gasteiger partial charge in [-0.05, 0) is 48.5 Å². The third-order valence-corrected chi connectivity index (χ3v) is 3.26. The van der Waals surface area contributed by atoms with E-state index < -0.39 is 0 Å². The fraction of sp³-hybridized carbons (Fsp3) is 0. The van der Waals surface area contributed by atoms with Crippen LogP contribution >= 0.6 is 23.2 Å². The number of benzene rings is 2. The van der Waals surface area contributed by atoms with Gasteiger partial charge in [0, 0.05) is 15.7 Å². The summed E-state index contributed by atoms with van der Waals surface area (Å²) in [5, 5.41) is 12.6. The molecule has 0 atom stereocenters. The highest BCUT2D eigenvalue weighted by molar-refractivity contribution is 6.30. The second kappa shape index (κ2) is 5.53. The standard InChI is InChI=1S/C14H10Cl2N4/c15-10-1-5-12(6-2-10)18-14-19-17-9-20(14)13-7-3-11(16)4-8-13/h1-9H,(H,18,19). The van der Waals surface area contributed by atoms with Gasteiger partial charge in [0.25, 0.3) is 0 Å². The van der Waals surface area contributed by atoms with Gasteiger partial charge in [-0.15, -0.1) is 10.2 Å². The number of hydrogen-bond acceptors (Lipinski definition) is 3. The number of aromatic nitrogens is 3. The van der Waals surface area contributed by atoms with Crippen molar-refractivity contribution in [3.8, 4) is 5.69 Å². The Morgan fingerprint density at radius 3 is 2.10 bits per heavy atom. The van der Waals surface area contributed by atoms with Gasteiger partial charge in [-0.3, -0.25) is 4.57 Å². The van der Waals surface area contributed by atoms with Crippen LogP contribution in [0.2, 0.25) is 10.0 Å². The van der Waals surface area contributed by atoms with Gasteiger partial charge in [-0.25, -0.2) is 0 Å². The van der Waals surface area contributed by atoms with E-state index in [1.165, 1.54) is 0 Å². The Bertz CT molecular complexity index is 705. The molecule has 1 N–H and O–H groups in total. The largest absolute Gasteiger partial charge is 0.324 e. The van der Waals surface area contributed by atoms with Crippen LogP contribution in [0.4, 0.5) is 11.6 Å². The van der Waals surface area contributed by atoms with Crippen LogP contribution in [0.1, 0.15) is 0 Å². The average molecular weight is 305 g/mol. The topological polar surface area (TPSA) is 42.7 Å². The first kappa shape index (κ1) is 13.0. The first-order chi connectivity index (χ1) is 9.72. The fourth-order valence-electron chi connectivity index (χ4n) is 1.77. The van der Waals surface area contributed by atoms with Gasteiger partial charge in [-0.2, -0.15) is 0 Å². The van der Waals surface area contributed by atoms with E-state index in [2.05, 4.69) is 15.5 Å². The highest BCUT2D eigenvalue weighted by Gasteiger charge is 2.06. The van der Waals surface area contributed by atoms with Crippen LogP contribution in [0.25, 0.3) is 5.69 Å². The summed E-state index contributed by atoms with van der Waals surface area (Å²) in [6.45, 7) is 0. The fourth-order valence-corrected chi connectivity index (χ4v) is 2.03. The normalized spacial score (nSPS) is 10.5. The minimum absolute atomic E-state index is 0.620. The number of nitrogens with one attached hydrogen (secondary N) is 1. The number of hydrogen-bond donors (Lipinski definition) is 1. The average Bonchev–Trinajstić information content (AvgIpc) is 2.90. The van der Waals surface area contributed by atoms with Crippen molar-refractivity contribution < 1.29 is 0 Å². The Kier molecular flexibility index (Phi) is 3.58. The SMILES string of the molecule is Clc1ccc(Nc2nncn2-c2ccc(Cl)cc2)cc1. The summed E-state index contributed by atoms with van der Waals surface area (Å²) in [7, 11) is 0. The van der Waals surface area contributed by atoms with Gasteiger partial charge in [0.2, 0.25) is 5.95 Å². The second-order valence-electron chi connectivity index (χ2n) is 4.13. The van der Waals surface area contributed by atoms with E-state index >= 15 is 0 Å². The van der Waals surface area contributed by atoms with Crippen molar-refractivity contribution in [1.82, 2.24) is 14.8 Å². The van der Waals surface area contributed by atoms with E-state index in [1.54, 1.807) is 6.33 Å².